The molecule has 8 nitrogen and oxygen atoms in total. The van der Waals surface area contributed by atoms with Gasteiger partial charge in [-0.15, -0.1) is 0 Å². The second-order valence-corrected chi connectivity index (χ2v) is 10.8. The fraction of sp³-hybridized carbons (Fsp3) is 0.647. The predicted molar refractivity (Wildman–Crippen MR) is 169 cm³/mol. The number of hydrogen-bond acceptors (Lipinski definition) is 7. The minimum atomic E-state index is -1.63. The van der Waals surface area contributed by atoms with Crippen molar-refractivity contribution in [3.8, 4) is 0 Å². The fourth-order valence-electron chi connectivity index (χ4n) is 5.20. The van der Waals surface area contributed by atoms with Gasteiger partial charge in [0, 0.05) is 20.1 Å². The molecular formula is C34H55F4LiO8. The van der Waals surface area contributed by atoms with Gasteiger partial charge in [-0.1, -0.05) is 45.2 Å². The van der Waals surface area contributed by atoms with Gasteiger partial charge in [-0.2, -0.15) is 17.6 Å². The van der Waals surface area contributed by atoms with Crippen LogP contribution in [-0.2, 0) is 25.7 Å². The van der Waals surface area contributed by atoms with Crippen molar-refractivity contribution >= 4 is 11.9 Å². The zero-order valence-electron chi connectivity index (χ0n) is 26.3. The van der Waals surface area contributed by atoms with Crippen LogP contribution < -0.4 is 18.9 Å². The number of aliphatic hydroxyl groups is 2. The van der Waals surface area contributed by atoms with E-state index in [-0.39, 0.29) is 68.8 Å². The summed E-state index contributed by atoms with van der Waals surface area (Å²) in [6.45, 7) is 1.04. The van der Waals surface area contributed by atoms with E-state index in [1.807, 2.05) is 30.3 Å². The molecular weight excluding hydrogens is 619 g/mol. The molecule has 4 N–H and O–H groups in total. The van der Waals surface area contributed by atoms with E-state index < -0.39 is 24.4 Å². The number of ether oxygens (including phenoxy) is 2. The molecule has 1 atom stereocenters. The Kier molecular flexibility index (Phi) is 34.1. The van der Waals surface area contributed by atoms with E-state index in [4.69, 9.17) is 24.8 Å². The quantitative estimate of drug-likeness (QED) is 0.184. The zero-order chi connectivity index (χ0) is 32.0. The van der Waals surface area contributed by atoms with Gasteiger partial charge in [0.05, 0.1) is 11.8 Å². The van der Waals surface area contributed by atoms with E-state index in [2.05, 4.69) is 0 Å². The van der Waals surface area contributed by atoms with E-state index >= 15 is 0 Å². The van der Waals surface area contributed by atoms with Crippen LogP contribution in [0.5, 0.6) is 0 Å². The Bertz CT molecular complexity index is 954. The van der Waals surface area contributed by atoms with Gasteiger partial charge in [-0.25, -0.2) is 0 Å². The van der Waals surface area contributed by atoms with Crippen LogP contribution in [0.2, 0.25) is 0 Å². The summed E-state index contributed by atoms with van der Waals surface area (Å²) in [6.07, 6.45) is 6.71. The summed E-state index contributed by atoms with van der Waals surface area (Å²) >= 11 is 0. The molecule has 1 saturated heterocycles. The number of allylic oxidation sites excluding steroid dienone is 2. The molecule has 1 aromatic carbocycles. The smallest absolute Gasteiger partial charge is 0.870 e. The van der Waals surface area contributed by atoms with E-state index in [1.54, 1.807) is 0 Å². The van der Waals surface area contributed by atoms with Crippen LogP contribution >= 0.6 is 0 Å². The number of aliphatic carboxylic acids is 1. The summed E-state index contributed by atoms with van der Waals surface area (Å²) in [5, 5.41) is 24.2. The Morgan fingerprint density at radius 3 is 1.60 bits per heavy atom. The maximum Gasteiger partial charge on any atom is 1.00 e. The molecule has 1 heterocycles. The second-order valence-electron chi connectivity index (χ2n) is 10.8. The maximum absolute atomic E-state index is 12.0. The number of aliphatic hydroxyl groups excluding tert-OH is 2. The molecule has 1 unspecified atom stereocenters. The molecule has 0 bridgehead atoms. The van der Waals surface area contributed by atoms with Crippen molar-refractivity contribution in [1.29, 1.82) is 0 Å². The number of carboxylic acid groups (broad SMARTS) is 1. The monoisotopic (exact) mass is 674 g/mol. The Morgan fingerprint density at radius 2 is 1.26 bits per heavy atom. The molecule has 47 heavy (non-hydrogen) atoms. The summed E-state index contributed by atoms with van der Waals surface area (Å²) in [5.41, 5.74) is 0.975. The van der Waals surface area contributed by atoms with Crippen LogP contribution in [0.1, 0.15) is 97.5 Å². The first-order valence-electron chi connectivity index (χ1n) is 14.8. The fourth-order valence-corrected chi connectivity index (χ4v) is 5.20. The summed E-state index contributed by atoms with van der Waals surface area (Å²) in [7, 11) is 1.00. The van der Waals surface area contributed by atoms with Crippen molar-refractivity contribution in [1.82, 2.24) is 0 Å². The van der Waals surface area contributed by atoms with Crippen molar-refractivity contribution in [3.05, 3.63) is 60.2 Å². The number of esters is 1. The molecule has 0 radical (unpaired) electrons. The number of halogens is 4. The molecule has 268 valence electrons. The molecule has 3 aliphatic rings. The molecule has 2 aliphatic carbocycles. The first kappa shape index (κ1) is 51.6. The van der Waals surface area contributed by atoms with Crippen LogP contribution in [-0.4, -0.2) is 52.7 Å². The summed E-state index contributed by atoms with van der Waals surface area (Å²) < 4.78 is 57.6. The minimum Gasteiger partial charge on any atom is -0.870 e. The maximum atomic E-state index is 12.0. The van der Waals surface area contributed by atoms with E-state index in [1.165, 1.54) is 0 Å². The predicted octanol–water partition coefficient (Wildman–Crippen LogP) is 5.58. The molecule has 0 amide bonds. The van der Waals surface area contributed by atoms with Crippen LogP contribution in [0.25, 0.3) is 0 Å². The van der Waals surface area contributed by atoms with Gasteiger partial charge in [-0.05, 0) is 100 Å². The Hall–Kier alpha value is -2.20. The number of carbonyl (C=O) groups excluding carboxylic acids is 1. The van der Waals surface area contributed by atoms with Crippen molar-refractivity contribution in [2.24, 2.45) is 23.7 Å². The molecule has 0 spiro atoms. The minimum absolute atomic E-state index is 0. The third kappa shape index (κ3) is 24.6. The number of carbonyl (C=O) groups is 2. The number of carboxylic acids is 1. The molecule has 3 fully saturated rings. The molecule has 1 aromatic rings. The van der Waals surface area contributed by atoms with Crippen LogP contribution in [0.15, 0.2) is 54.6 Å². The Labute approximate surface area is 290 Å². The van der Waals surface area contributed by atoms with Crippen LogP contribution in [0.4, 0.5) is 17.6 Å². The third-order valence-electron chi connectivity index (χ3n) is 7.72. The van der Waals surface area contributed by atoms with E-state index in [0.29, 0.717) is 32.3 Å². The summed E-state index contributed by atoms with van der Waals surface area (Å²) in [6, 6.07) is 9.57. The topological polar surface area (TPSA) is 143 Å². The largest absolute Gasteiger partial charge is 1.00 e. The Balaban J connectivity index is -0.000000309. The number of hydrogen-bond donors (Lipinski definition) is 3. The SMILES string of the molecule is C.C.CO.O=C(O)C1CCC(CC=C(F)F)CC1.O=C(OCc1ccccc1)C1CCC(CC=C(F)F)CC1.OC1CCCO1.[Li+].[OH-]. The van der Waals surface area contributed by atoms with Crippen molar-refractivity contribution in [3.63, 3.8) is 0 Å². The molecule has 2 saturated carbocycles. The standard InChI is InChI=1S/C17H20F2O2.C10H14F2O2.C4H8O2.CH4O.2CH4.Li.H2O/c18-16(19)11-8-13-6-9-15(10-7-13)17(20)21-12-14-4-2-1-3-5-14;11-9(12)6-3-7-1-4-8(5-2-7)10(13)14;5-4-2-1-3-6-4;1-2;;;;/h1-5,11,13,15H,6-10,12H2;6-8H,1-5H2,(H,13,14);4-5H,1-3H2;2H,1H3;2*1H4;;1H2/q;;;;;;+1;/p-1. The Morgan fingerprint density at radius 1 is 0.809 bits per heavy atom. The summed E-state index contributed by atoms with van der Waals surface area (Å²) in [4.78, 5) is 22.6. The van der Waals surface area contributed by atoms with Gasteiger partial charge < -0.3 is 30.3 Å². The molecule has 1 aliphatic heterocycles. The van der Waals surface area contributed by atoms with Crippen molar-refractivity contribution < 1.29 is 76.3 Å². The first-order chi connectivity index (χ1) is 20.6. The number of rotatable bonds is 8. The zero-order valence-corrected chi connectivity index (χ0v) is 26.3. The van der Waals surface area contributed by atoms with Crippen molar-refractivity contribution in [2.45, 2.75) is 105 Å². The molecule has 13 heteroatoms. The third-order valence-corrected chi connectivity index (χ3v) is 7.72. The van der Waals surface area contributed by atoms with Gasteiger partial charge in [0.15, 0.2) is 6.29 Å². The average molecular weight is 675 g/mol. The van der Waals surface area contributed by atoms with Crippen LogP contribution in [0, 0.1) is 23.7 Å². The first-order valence-corrected chi connectivity index (χ1v) is 14.8. The average Bonchev–Trinajstić information content (AvgIpc) is 3.51. The van der Waals surface area contributed by atoms with Gasteiger partial charge in [-0.3, -0.25) is 9.59 Å². The summed E-state index contributed by atoms with van der Waals surface area (Å²) in [5.74, 6) is -0.744. The number of benzene rings is 1. The van der Waals surface area contributed by atoms with Gasteiger partial charge >= 0.3 is 30.8 Å². The van der Waals surface area contributed by atoms with Gasteiger partial charge in [0.1, 0.15) is 6.61 Å². The van der Waals surface area contributed by atoms with Gasteiger partial charge in [0.2, 0.25) is 0 Å². The molecule has 4 rings (SSSR count). The van der Waals surface area contributed by atoms with E-state index in [9.17, 15) is 27.2 Å². The normalized spacial score (nSPS) is 22.2. The van der Waals surface area contributed by atoms with E-state index in [0.717, 1.165) is 82.8 Å². The van der Waals surface area contributed by atoms with Crippen molar-refractivity contribution in [2.75, 3.05) is 13.7 Å². The second kappa shape index (κ2) is 31.1. The van der Waals surface area contributed by atoms with Crippen LogP contribution in [0.3, 0.4) is 0 Å². The molecule has 0 aromatic heterocycles. The van der Waals surface area contributed by atoms with Gasteiger partial charge in [0.25, 0.3) is 12.2 Å².